The van der Waals surface area contributed by atoms with Gasteiger partial charge in [0, 0.05) is 4.88 Å². The Balaban J connectivity index is 1.69. The maximum atomic E-state index is 12.4. The molecule has 2 heterocycles. The van der Waals surface area contributed by atoms with Crippen molar-refractivity contribution in [2.75, 3.05) is 19.0 Å². The molecule has 1 saturated heterocycles. The van der Waals surface area contributed by atoms with Crippen molar-refractivity contribution in [1.82, 2.24) is 4.90 Å². The van der Waals surface area contributed by atoms with Crippen LogP contribution < -0.4 is 10.1 Å². The summed E-state index contributed by atoms with van der Waals surface area (Å²) >= 11 is 2.31. The van der Waals surface area contributed by atoms with Crippen LogP contribution in [0.1, 0.15) is 4.88 Å². The number of carbonyl (C=O) groups is 3. The number of nitrogens with one attached hydrogen (secondary N) is 1. The third-order valence-electron chi connectivity index (χ3n) is 3.37. The number of hydrogen-bond donors (Lipinski definition) is 1. The van der Waals surface area contributed by atoms with E-state index in [9.17, 15) is 14.4 Å². The molecule has 1 aliphatic heterocycles. The average Bonchev–Trinajstić information content (AvgIpc) is 3.20. The summed E-state index contributed by atoms with van der Waals surface area (Å²) < 4.78 is 5.16. The highest BCUT2D eigenvalue weighted by molar-refractivity contribution is 8.18. The predicted octanol–water partition coefficient (Wildman–Crippen LogP) is 3.43. The Bertz CT molecular complexity index is 846. The lowest BCUT2D eigenvalue weighted by atomic mass is 10.3. The number of thiophene rings is 1. The van der Waals surface area contributed by atoms with Crippen LogP contribution in [0.4, 0.5) is 10.5 Å². The van der Waals surface area contributed by atoms with Crippen LogP contribution >= 0.6 is 23.1 Å². The quantitative estimate of drug-likeness (QED) is 0.812. The zero-order valence-corrected chi connectivity index (χ0v) is 14.9. The van der Waals surface area contributed by atoms with Crippen molar-refractivity contribution in [3.8, 4) is 5.75 Å². The first-order valence-corrected chi connectivity index (χ1v) is 9.00. The second-order valence-corrected chi connectivity index (χ2v) is 7.00. The number of rotatable bonds is 5. The maximum absolute atomic E-state index is 12.4. The highest BCUT2D eigenvalue weighted by Gasteiger charge is 2.36. The number of ether oxygens (including phenoxy) is 1. The molecule has 0 saturated carbocycles. The van der Waals surface area contributed by atoms with Crippen LogP contribution in [0.5, 0.6) is 5.75 Å². The lowest BCUT2D eigenvalue weighted by molar-refractivity contribution is -0.127. The van der Waals surface area contributed by atoms with E-state index in [0.29, 0.717) is 16.3 Å². The highest BCUT2D eigenvalue weighted by Crippen LogP contribution is 2.33. The van der Waals surface area contributed by atoms with Crippen molar-refractivity contribution < 1.29 is 19.1 Å². The SMILES string of the molecule is COc1ccccc1NC(=O)CN1C(=O)S/C(=C/c2cccs2)C1=O. The fourth-order valence-corrected chi connectivity index (χ4v) is 3.78. The molecule has 0 radical (unpaired) electrons. The molecule has 0 aliphatic carbocycles. The van der Waals surface area contributed by atoms with Crippen molar-refractivity contribution in [2.45, 2.75) is 0 Å². The summed E-state index contributed by atoms with van der Waals surface area (Å²) in [7, 11) is 1.50. The molecule has 0 spiro atoms. The first kappa shape index (κ1) is 17.2. The molecular formula is C17H14N2O4S2. The van der Waals surface area contributed by atoms with E-state index in [1.807, 2.05) is 17.5 Å². The minimum Gasteiger partial charge on any atom is -0.495 e. The molecule has 1 aliphatic rings. The second kappa shape index (κ2) is 7.54. The fourth-order valence-electron chi connectivity index (χ4n) is 2.22. The zero-order valence-electron chi connectivity index (χ0n) is 13.2. The standard InChI is InChI=1S/C17H14N2O4S2/c1-23-13-7-3-2-6-12(13)18-15(20)10-19-16(21)14(25-17(19)22)9-11-5-4-8-24-11/h2-9H,10H2,1H3,(H,18,20)/b14-9+. The number of amides is 3. The number of benzene rings is 1. The number of thioether (sulfide) groups is 1. The molecule has 128 valence electrons. The van der Waals surface area contributed by atoms with Crippen molar-refractivity contribution >= 4 is 51.9 Å². The third kappa shape index (κ3) is 3.92. The van der Waals surface area contributed by atoms with E-state index >= 15 is 0 Å². The molecule has 0 bridgehead atoms. The minimum absolute atomic E-state index is 0.317. The monoisotopic (exact) mass is 374 g/mol. The van der Waals surface area contributed by atoms with E-state index in [2.05, 4.69) is 5.32 Å². The van der Waals surface area contributed by atoms with Crippen LogP contribution in [-0.4, -0.2) is 35.6 Å². The Morgan fingerprint density at radius 2 is 2.04 bits per heavy atom. The molecule has 6 nitrogen and oxygen atoms in total. The third-order valence-corrected chi connectivity index (χ3v) is 5.10. The largest absolute Gasteiger partial charge is 0.495 e. The highest BCUT2D eigenvalue weighted by atomic mass is 32.2. The summed E-state index contributed by atoms with van der Waals surface area (Å²) in [4.78, 5) is 38.8. The van der Waals surface area contributed by atoms with Gasteiger partial charge in [-0.3, -0.25) is 19.3 Å². The number of hydrogen-bond acceptors (Lipinski definition) is 6. The Hall–Kier alpha value is -2.58. The number of carbonyl (C=O) groups excluding carboxylic acids is 3. The van der Waals surface area contributed by atoms with Crippen LogP contribution in [0.2, 0.25) is 0 Å². The van der Waals surface area contributed by atoms with E-state index in [4.69, 9.17) is 4.74 Å². The van der Waals surface area contributed by atoms with E-state index in [-0.39, 0.29) is 6.54 Å². The van der Waals surface area contributed by atoms with Gasteiger partial charge in [-0.2, -0.15) is 0 Å². The average molecular weight is 374 g/mol. The number of para-hydroxylation sites is 2. The molecule has 1 fully saturated rings. The van der Waals surface area contributed by atoms with Gasteiger partial charge in [0.15, 0.2) is 0 Å². The molecule has 2 aromatic rings. The van der Waals surface area contributed by atoms with Crippen LogP contribution in [-0.2, 0) is 9.59 Å². The van der Waals surface area contributed by atoms with Gasteiger partial charge in [0.2, 0.25) is 5.91 Å². The molecule has 3 rings (SSSR count). The van der Waals surface area contributed by atoms with Crippen LogP contribution in [0.25, 0.3) is 6.08 Å². The summed E-state index contributed by atoms with van der Waals surface area (Å²) in [6.45, 7) is -0.343. The van der Waals surface area contributed by atoms with Gasteiger partial charge >= 0.3 is 0 Å². The molecule has 1 N–H and O–H groups in total. The Morgan fingerprint density at radius 1 is 1.24 bits per heavy atom. The van der Waals surface area contributed by atoms with Gasteiger partial charge in [-0.25, -0.2) is 0 Å². The smallest absolute Gasteiger partial charge is 0.294 e. The van der Waals surface area contributed by atoms with Crippen molar-refractivity contribution in [1.29, 1.82) is 0 Å². The van der Waals surface area contributed by atoms with Crippen molar-refractivity contribution in [3.63, 3.8) is 0 Å². The lowest BCUT2D eigenvalue weighted by Crippen LogP contribution is -2.36. The first-order chi connectivity index (χ1) is 12.1. The van der Waals surface area contributed by atoms with Gasteiger partial charge in [0.05, 0.1) is 17.7 Å². The van der Waals surface area contributed by atoms with E-state index in [1.54, 1.807) is 30.3 Å². The minimum atomic E-state index is -0.468. The normalized spacial score (nSPS) is 15.7. The first-order valence-electron chi connectivity index (χ1n) is 7.30. The molecule has 0 atom stereocenters. The second-order valence-electron chi connectivity index (χ2n) is 5.03. The topological polar surface area (TPSA) is 75.7 Å². The molecule has 0 unspecified atom stereocenters. The van der Waals surface area contributed by atoms with E-state index in [0.717, 1.165) is 21.5 Å². The fraction of sp³-hybridized carbons (Fsp3) is 0.118. The summed E-state index contributed by atoms with van der Waals surface area (Å²) in [5.74, 6) is -0.426. The van der Waals surface area contributed by atoms with Crippen molar-refractivity contribution in [2.24, 2.45) is 0 Å². The number of nitrogens with zero attached hydrogens (tertiary/aromatic N) is 1. The summed E-state index contributed by atoms with van der Waals surface area (Å²) in [5, 5.41) is 4.08. The predicted molar refractivity (Wildman–Crippen MR) is 98.6 cm³/mol. The van der Waals surface area contributed by atoms with Gasteiger partial charge in [-0.15, -0.1) is 11.3 Å². The van der Waals surface area contributed by atoms with Crippen LogP contribution in [0, 0.1) is 0 Å². The molecule has 8 heteroatoms. The summed E-state index contributed by atoms with van der Waals surface area (Å²) in [6, 6.07) is 10.6. The molecular weight excluding hydrogens is 360 g/mol. The Kier molecular flexibility index (Phi) is 5.20. The number of imide groups is 1. The van der Waals surface area contributed by atoms with Gasteiger partial charge in [-0.05, 0) is 41.4 Å². The molecule has 3 amide bonds. The van der Waals surface area contributed by atoms with Crippen LogP contribution in [0.3, 0.4) is 0 Å². The summed E-state index contributed by atoms with van der Waals surface area (Å²) in [6.07, 6.45) is 1.66. The molecule has 25 heavy (non-hydrogen) atoms. The zero-order chi connectivity index (χ0) is 17.8. The lowest BCUT2D eigenvalue weighted by Gasteiger charge is -2.14. The molecule has 1 aromatic carbocycles. The van der Waals surface area contributed by atoms with Gasteiger partial charge in [0.25, 0.3) is 11.1 Å². The van der Waals surface area contributed by atoms with Gasteiger partial charge in [-0.1, -0.05) is 18.2 Å². The number of anilines is 1. The molecule has 1 aromatic heterocycles. The van der Waals surface area contributed by atoms with E-state index in [1.165, 1.54) is 18.4 Å². The Labute approximate surface area is 152 Å². The summed E-state index contributed by atoms with van der Waals surface area (Å²) in [5.41, 5.74) is 0.482. The van der Waals surface area contributed by atoms with E-state index < -0.39 is 17.1 Å². The van der Waals surface area contributed by atoms with Gasteiger partial charge in [0.1, 0.15) is 12.3 Å². The van der Waals surface area contributed by atoms with Gasteiger partial charge < -0.3 is 10.1 Å². The Morgan fingerprint density at radius 3 is 2.76 bits per heavy atom. The van der Waals surface area contributed by atoms with Crippen LogP contribution in [0.15, 0.2) is 46.7 Å². The number of methoxy groups -OCH3 is 1. The van der Waals surface area contributed by atoms with Crippen molar-refractivity contribution in [3.05, 3.63) is 51.6 Å². The maximum Gasteiger partial charge on any atom is 0.294 e.